The Bertz CT molecular complexity index is 1040. The van der Waals surface area contributed by atoms with Gasteiger partial charge in [-0.05, 0) is 61.4 Å². The predicted octanol–water partition coefficient (Wildman–Crippen LogP) is 3.71. The molecule has 0 atom stereocenters. The smallest absolute Gasteiger partial charge is 0.271 e. The number of furan rings is 1. The normalized spacial score (nSPS) is 15.9. The lowest BCUT2D eigenvalue weighted by atomic mass is 9.94. The highest BCUT2D eigenvalue weighted by atomic mass is 19.1. The molecule has 0 N–H and O–H groups in total. The molecule has 6 nitrogen and oxygen atoms in total. The van der Waals surface area contributed by atoms with E-state index in [0.717, 1.165) is 4.90 Å². The van der Waals surface area contributed by atoms with E-state index in [4.69, 9.17) is 9.15 Å². The molecule has 2 aromatic rings. The summed E-state index contributed by atoms with van der Waals surface area (Å²) in [6, 6.07) is 11.1. The third-order valence-electron chi connectivity index (χ3n) is 4.60. The SMILES string of the molecule is COCCCN1C(=O)C(C#N)=C(C)/C(=C\c2ccc(-c3ccc(F)cc3)o2)C1=O. The van der Waals surface area contributed by atoms with Gasteiger partial charge in [-0.2, -0.15) is 5.26 Å². The van der Waals surface area contributed by atoms with E-state index in [-0.39, 0.29) is 23.5 Å². The van der Waals surface area contributed by atoms with E-state index in [1.807, 2.05) is 6.07 Å². The molecule has 148 valence electrons. The van der Waals surface area contributed by atoms with Crippen LogP contribution in [0, 0.1) is 17.1 Å². The van der Waals surface area contributed by atoms with E-state index < -0.39 is 11.8 Å². The lowest BCUT2D eigenvalue weighted by molar-refractivity contribution is -0.140. The number of rotatable bonds is 6. The van der Waals surface area contributed by atoms with Gasteiger partial charge in [0.25, 0.3) is 11.8 Å². The summed E-state index contributed by atoms with van der Waals surface area (Å²) in [4.78, 5) is 26.4. The zero-order valence-corrected chi connectivity index (χ0v) is 16.1. The van der Waals surface area contributed by atoms with Crippen molar-refractivity contribution in [3.63, 3.8) is 0 Å². The van der Waals surface area contributed by atoms with Crippen molar-refractivity contribution < 1.29 is 23.1 Å². The van der Waals surface area contributed by atoms with Crippen molar-refractivity contribution in [3.8, 4) is 17.4 Å². The molecule has 1 aromatic heterocycles. The highest BCUT2D eigenvalue weighted by Crippen LogP contribution is 2.29. The number of hydrogen-bond acceptors (Lipinski definition) is 5. The molecule has 0 fully saturated rings. The van der Waals surface area contributed by atoms with Crippen molar-refractivity contribution in [2.24, 2.45) is 0 Å². The number of methoxy groups -OCH3 is 1. The molecule has 0 bridgehead atoms. The standard InChI is InChI=1S/C22H19FN2O4/c1-14-18(21(26)25(10-3-11-28-2)22(27)19(14)13-24)12-17-8-9-20(29-17)15-4-6-16(23)7-5-15/h4-9,12H,3,10-11H2,1-2H3/b18-12+. The fourth-order valence-electron chi connectivity index (χ4n) is 3.04. The number of carbonyl (C=O) groups is 2. The maximum absolute atomic E-state index is 13.1. The number of halogens is 1. The first-order chi connectivity index (χ1) is 14.0. The molecule has 1 aromatic carbocycles. The van der Waals surface area contributed by atoms with E-state index in [9.17, 15) is 19.2 Å². The number of carbonyl (C=O) groups excluding carboxylic acids is 2. The van der Waals surface area contributed by atoms with Gasteiger partial charge in [0.05, 0.1) is 0 Å². The summed E-state index contributed by atoms with van der Waals surface area (Å²) in [7, 11) is 1.53. The lowest BCUT2D eigenvalue weighted by Gasteiger charge is -2.27. The van der Waals surface area contributed by atoms with Crippen molar-refractivity contribution in [1.29, 1.82) is 5.26 Å². The summed E-state index contributed by atoms with van der Waals surface area (Å²) in [6.45, 7) is 2.11. The Morgan fingerprint density at radius 2 is 1.90 bits per heavy atom. The van der Waals surface area contributed by atoms with E-state index in [1.54, 1.807) is 31.2 Å². The minimum absolute atomic E-state index is 0.0708. The van der Waals surface area contributed by atoms with Gasteiger partial charge < -0.3 is 9.15 Å². The summed E-state index contributed by atoms with van der Waals surface area (Å²) >= 11 is 0. The Labute approximate surface area is 167 Å². The van der Waals surface area contributed by atoms with E-state index in [1.165, 1.54) is 25.3 Å². The Hall–Kier alpha value is -3.50. The zero-order valence-electron chi connectivity index (χ0n) is 16.1. The molecular formula is C22H19FN2O4. The molecule has 0 unspecified atom stereocenters. The average molecular weight is 394 g/mol. The molecule has 0 saturated carbocycles. The van der Waals surface area contributed by atoms with Crippen LogP contribution in [0.3, 0.4) is 0 Å². The number of hydrogen-bond donors (Lipinski definition) is 0. The maximum Gasteiger partial charge on any atom is 0.271 e. The summed E-state index contributed by atoms with van der Waals surface area (Å²) in [5.74, 6) is -0.540. The number of ether oxygens (including phenoxy) is 1. The molecule has 1 aliphatic heterocycles. The Kier molecular flexibility index (Phi) is 6.05. The number of benzene rings is 1. The van der Waals surface area contributed by atoms with Crippen LogP contribution in [0.2, 0.25) is 0 Å². The van der Waals surface area contributed by atoms with Crippen LogP contribution in [0.1, 0.15) is 19.1 Å². The van der Waals surface area contributed by atoms with Crippen molar-refractivity contribution in [2.45, 2.75) is 13.3 Å². The van der Waals surface area contributed by atoms with Gasteiger partial charge in [0, 0.05) is 31.4 Å². The number of nitrogens with zero attached hydrogens (tertiary/aromatic N) is 2. The van der Waals surface area contributed by atoms with E-state index in [2.05, 4.69) is 0 Å². The molecule has 1 aliphatic rings. The van der Waals surface area contributed by atoms with E-state index in [0.29, 0.717) is 35.7 Å². The summed E-state index contributed by atoms with van der Waals surface area (Å²) < 4.78 is 23.8. The van der Waals surface area contributed by atoms with Gasteiger partial charge in [-0.1, -0.05) is 0 Å². The molecule has 0 saturated heterocycles. The molecule has 0 spiro atoms. The summed E-state index contributed by atoms with van der Waals surface area (Å²) in [5.41, 5.74) is 1.15. The lowest BCUT2D eigenvalue weighted by Crippen LogP contribution is -2.43. The average Bonchev–Trinajstić information content (AvgIpc) is 3.17. The first-order valence-electron chi connectivity index (χ1n) is 9.00. The van der Waals surface area contributed by atoms with Crippen LogP contribution in [0.25, 0.3) is 17.4 Å². The quantitative estimate of drug-likeness (QED) is 0.424. The minimum atomic E-state index is -0.602. The number of amides is 2. The molecule has 2 amide bonds. The van der Waals surface area contributed by atoms with Crippen LogP contribution in [-0.4, -0.2) is 37.0 Å². The Morgan fingerprint density at radius 3 is 2.55 bits per heavy atom. The highest BCUT2D eigenvalue weighted by molar-refractivity contribution is 6.19. The van der Waals surface area contributed by atoms with Crippen molar-refractivity contribution in [2.75, 3.05) is 20.3 Å². The van der Waals surface area contributed by atoms with Gasteiger partial charge in [-0.15, -0.1) is 0 Å². The zero-order chi connectivity index (χ0) is 21.0. The third kappa shape index (κ3) is 4.18. The first-order valence-corrected chi connectivity index (χ1v) is 9.00. The van der Waals surface area contributed by atoms with Gasteiger partial charge in [-0.3, -0.25) is 14.5 Å². The Balaban J connectivity index is 1.95. The minimum Gasteiger partial charge on any atom is -0.457 e. The second kappa shape index (κ2) is 8.67. The predicted molar refractivity (Wildman–Crippen MR) is 104 cm³/mol. The largest absolute Gasteiger partial charge is 0.457 e. The first kappa shape index (κ1) is 20.2. The molecule has 7 heteroatoms. The van der Waals surface area contributed by atoms with Crippen LogP contribution in [-0.2, 0) is 14.3 Å². The number of imide groups is 1. The van der Waals surface area contributed by atoms with Gasteiger partial charge in [0.15, 0.2) is 0 Å². The second-order valence-electron chi connectivity index (χ2n) is 6.49. The van der Waals surface area contributed by atoms with E-state index >= 15 is 0 Å². The van der Waals surface area contributed by atoms with Crippen molar-refractivity contribution in [1.82, 2.24) is 4.90 Å². The van der Waals surface area contributed by atoms with Crippen LogP contribution >= 0.6 is 0 Å². The van der Waals surface area contributed by atoms with Crippen LogP contribution in [0.4, 0.5) is 4.39 Å². The second-order valence-corrected chi connectivity index (χ2v) is 6.49. The molecule has 2 heterocycles. The van der Waals surface area contributed by atoms with Crippen molar-refractivity contribution in [3.05, 3.63) is 64.7 Å². The maximum atomic E-state index is 13.1. The topological polar surface area (TPSA) is 83.5 Å². The molecule has 29 heavy (non-hydrogen) atoms. The van der Waals surface area contributed by atoms with Crippen LogP contribution < -0.4 is 0 Å². The number of nitriles is 1. The highest BCUT2D eigenvalue weighted by Gasteiger charge is 2.35. The van der Waals surface area contributed by atoms with Gasteiger partial charge in [0.1, 0.15) is 29.0 Å². The van der Waals surface area contributed by atoms with Crippen LogP contribution in [0.5, 0.6) is 0 Å². The molecule has 3 rings (SSSR count). The van der Waals surface area contributed by atoms with Crippen molar-refractivity contribution >= 4 is 17.9 Å². The molecule has 0 aliphatic carbocycles. The molecular weight excluding hydrogens is 375 g/mol. The van der Waals surface area contributed by atoms with Gasteiger partial charge >= 0.3 is 0 Å². The summed E-state index contributed by atoms with van der Waals surface area (Å²) in [6.07, 6.45) is 1.98. The van der Waals surface area contributed by atoms with Crippen LogP contribution in [0.15, 0.2) is 57.5 Å². The molecule has 0 radical (unpaired) electrons. The Morgan fingerprint density at radius 1 is 1.17 bits per heavy atom. The monoisotopic (exact) mass is 394 g/mol. The van der Waals surface area contributed by atoms with Gasteiger partial charge in [0.2, 0.25) is 0 Å². The third-order valence-corrected chi connectivity index (χ3v) is 4.60. The fourth-order valence-corrected chi connectivity index (χ4v) is 3.04. The van der Waals surface area contributed by atoms with Gasteiger partial charge in [-0.25, -0.2) is 4.39 Å². The fraction of sp³-hybridized carbons (Fsp3) is 0.227. The summed E-state index contributed by atoms with van der Waals surface area (Å²) in [5, 5.41) is 9.39.